The first-order valence-corrected chi connectivity index (χ1v) is 10.1. The molecule has 4 rings (SSSR count). The van der Waals surface area contributed by atoms with Crippen LogP contribution in [0, 0.1) is 6.92 Å². The van der Waals surface area contributed by atoms with Gasteiger partial charge in [-0.3, -0.25) is 19.3 Å². The number of nitrogens with zero attached hydrogens (tertiary/aromatic N) is 2. The minimum absolute atomic E-state index is 0.260. The molecule has 0 atom stereocenters. The number of carbonyl (C=O) groups excluding carboxylic acids is 3. The molecule has 0 spiro atoms. The molecule has 0 fully saturated rings. The van der Waals surface area contributed by atoms with E-state index in [1.165, 1.54) is 11.3 Å². The Bertz CT molecular complexity index is 1110. The first-order chi connectivity index (χ1) is 14.0. The third-order valence-corrected chi connectivity index (χ3v) is 6.14. The van der Waals surface area contributed by atoms with E-state index in [1.807, 2.05) is 25.1 Å². The highest BCUT2D eigenvalue weighted by molar-refractivity contribution is 7.15. The maximum atomic E-state index is 12.4. The van der Waals surface area contributed by atoms with Gasteiger partial charge in [0.1, 0.15) is 11.6 Å². The van der Waals surface area contributed by atoms with Crippen molar-refractivity contribution in [3.63, 3.8) is 0 Å². The van der Waals surface area contributed by atoms with Crippen LogP contribution in [0.1, 0.15) is 31.3 Å². The monoisotopic (exact) mass is 425 g/mol. The van der Waals surface area contributed by atoms with Gasteiger partial charge in [-0.2, -0.15) is 0 Å². The average Bonchev–Trinajstić information content (AvgIpc) is 3.20. The molecular weight excluding hydrogens is 410 g/mol. The van der Waals surface area contributed by atoms with Crippen molar-refractivity contribution >= 4 is 40.7 Å². The third-order valence-electron chi connectivity index (χ3n) is 4.62. The highest BCUT2D eigenvalue weighted by Gasteiger charge is 2.36. The molecule has 8 heteroatoms. The number of halogens is 1. The predicted molar refractivity (Wildman–Crippen MR) is 111 cm³/mol. The van der Waals surface area contributed by atoms with E-state index in [-0.39, 0.29) is 13.1 Å². The second-order valence-corrected chi connectivity index (χ2v) is 8.02. The number of fused-ring (bicyclic) bond motifs is 1. The molecule has 0 saturated carbocycles. The van der Waals surface area contributed by atoms with Crippen molar-refractivity contribution in [2.75, 3.05) is 6.54 Å². The van der Waals surface area contributed by atoms with Crippen LogP contribution < -0.4 is 5.32 Å². The van der Waals surface area contributed by atoms with Gasteiger partial charge in [-0.1, -0.05) is 41.9 Å². The summed E-state index contributed by atoms with van der Waals surface area (Å²) < 4.78 is 0. The average molecular weight is 426 g/mol. The summed E-state index contributed by atoms with van der Waals surface area (Å²) >= 11 is 7.68. The number of hydrogen-bond acceptors (Lipinski definition) is 5. The van der Waals surface area contributed by atoms with Crippen LogP contribution >= 0.6 is 22.9 Å². The van der Waals surface area contributed by atoms with E-state index in [0.29, 0.717) is 16.1 Å². The summed E-state index contributed by atoms with van der Waals surface area (Å²) in [5, 5.41) is 4.16. The van der Waals surface area contributed by atoms with Gasteiger partial charge in [-0.15, -0.1) is 11.3 Å². The fourth-order valence-corrected chi connectivity index (χ4v) is 4.43. The minimum Gasteiger partial charge on any atom is -0.350 e. The second kappa shape index (κ2) is 7.77. The lowest BCUT2D eigenvalue weighted by molar-refractivity contribution is -0.121. The number of hydrogen-bond donors (Lipinski definition) is 1. The Morgan fingerprint density at radius 1 is 1.03 bits per heavy atom. The van der Waals surface area contributed by atoms with Gasteiger partial charge in [0.05, 0.1) is 28.4 Å². The van der Waals surface area contributed by atoms with Gasteiger partial charge in [-0.05, 0) is 25.1 Å². The Balaban J connectivity index is 1.42. The molecule has 1 aromatic heterocycles. The number of carbonyl (C=O) groups is 3. The van der Waals surface area contributed by atoms with Crippen molar-refractivity contribution in [1.82, 2.24) is 15.2 Å². The van der Waals surface area contributed by atoms with E-state index in [1.54, 1.807) is 30.3 Å². The largest absolute Gasteiger partial charge is 0.350 e. The summed E-state index contributed by atoms with van der Waals surface area (Å²) in [6.07, 6.45) is 0. The van der Waals surface area contributed by atoms with E-state index in [2.05, 4.69) is 10.3 Å². The Hall–Kier alpha value is -3.03. The molecule has 29 heavy (non-hydrogen) atoms. The Morgan fingerprint density at radius 3 is 2.24 bits per heavy atom. The van der Waals surface area contributed by atoms with Crippen LogP contribution in [0.5, 0.6) is 0 Å². The second-order valence-electron chi connectivity index (χ2n) is 6.53. The van der Waals surface area contributed by atoms with Gasteiger partial charge in [0, 0.05) is 10.4 Å². The van der Waals surface area contributed by atoms with E-state index in [4.69, 9.17) is 11.6 Å². The third kappa shape index (κ3) is 3.66. The quantitative estimate of drug-likeness (QED) is 0.632. The molecule has 0 unspecified atom stereocenters. The van der Waals surface area contributed by atoms with E-state index < -0.39 is 17.7 Å². The molecule has 1 aliphatic heterocycles. The standard InChI is InChI=1S/C21H16ClN3O3S/c1-12-17(29-19(24-12)15-8-4-5-9-16(15)22)10-23-18(26)11-25-20(27)13-6-2-3-7-14(13)21(25)28/h2-9H,10-11H2,1H3,(H,23,26). The molecule has 146 valence electrons. The van der Waals surface area contributed by atoms with Crippen molar-refractivity contribution in [3.05, 3.63) is 75.3 Å². The summed E-state index contributed by atoms with van der Waals surface area (Å²) in [7, 11) is 0. The van der Waals surface area contributed by atoms with Gasteiger partial charge in [0.15, 0.2) is 0 Å². The lowest BCUT2D eigenvalue weighted by Crippen LogP contribution is -2.40. The molecule has 6 nitrogen and oxygen atoms in total. The molecule has 3 amide bonds. The molecule has 1 N–H and O–H groups in total. The fraction of sp³-hybridized carbons (Fsp3) is 0.143. The number of imide groups is 1. The molecule has 0 radical (unpaired) electrons. The molecule has 1 aliphatic rings. The Kier molecular flexibility index (Phi) is 5.17. The van der Waals surface area contributed by atoms with Crippen LogP contribution in [0.4, 0.5) is 0 Å². The normalized spacial score (nSPS) is 13.0. The van der Waals surface area contributed by atoms with Gasteiger partial charge >= 0.3 is 0 Å². The van der Waals surface area contributed by atoms with Crippen LogP contribution in [0.2, 0.25) is 5.02 Å². The highest BCUT2D eigenvalue weighted by atomic mass is 35.5. The Morgan fingerprint density at radius 2 is 1.62 bits per heavy atom. The van der Waals surface area contributed by atoms with Crippen LogP contribution in [0.3, 0.4) is 0 Å². The molecule has 0 bridgehead atoms. The van der Waals surface area contributed by atoms with Crippen LogP contribution in [-0.4, -0.2) is 34.2 Å². The molecule has 0 saturated heterocycles. The summed E-state index contributed by atoms with van der Waals surface area (Å²) in [6.45, 7) is 1.81. The van der Waals surface area contributed by atoms with Crippen molar-refractivity contribution in [2.45, 2.75) is 13.5 Å². The first-order valence-electron chi connectivity index (χ1n) is 8.89. The first kappa shape index (κ1) is 19.3. The van der Waals surface area contributed by atoms with Crippen LogP contribution in [-0.2, 0) is 11.3 Å². The summed E-state index contributed by atoms with van der Waals surface area (Å²) in [5.41, 5.74) is 2.29. The van der Waals surface area contributed by atoms with E-state index in [0.717, 1.165) is 26.0 Å². The summed E-state index contributed by atoms with van der Waals surface area (Å²) in [4.78, 5) is 43.5. The summed E-state index contributed by atoms with van der Waals surface area (Å²) in [5.74, 6) is -1.31. The number of aromatic nitrogens is 1. The predicted octanol–water partition coefficient (Wildman–Crippen LogP) is 3.68. The van der Waals surface area contributed by atoms with Crippen LogP contribution in [0.25, 0.3) is 10.6 Å². The molecule has 0 aliphatic carbocycles. The SMILES string of the molecule is Cc1nc(-c2ccccc2Cl)sc1CNC(=O)CN1C(=O)c2ccccc2C1=O. The fourth-order valence-electron chi connectivity index (χ4n) is 3.10. The maximum absolute atomic E-state index is 12.4. The van der Waals surface area contributed by atoms with Crippen LogP contribution in [0.15, 0.2) is 48.5 Å². The summed E-state index contributed by atoms with van der Waals surface area (Å²) in [6, 6.07) is 14.0. The van der Waals surface area contributed by atoms with Gasteiger partial charge < -0.3 is 5.32 Å². The van der Waals surface area contributed by atoms with Crippen molar-refractivity contribution in [3.8, 4) is 10.6 Å². The lowest BCUT2D eigenvalue weighted by Gasteiger charge is -2.13. The van der Waals surface area contributed by atoms with Gasteiger partial charge in [-0.25, -0.2) is 4.98 Å². The zero-order valence-corrected chi connectivity index (χ0v) is 17.0. The lowest BCUT2D eigenvalue weighted by atomic mass is 10.1. The van der Waals surface area contributed by atoms with Gasteiger partial charge in [0.25, 0.3) is 11.8 Å². The molecular formula is C21H16ClN3O3S. The van der Waals surface area contributed by atoms with E-state index >= 15 is 0 Å². The number of rotatable bonds is 5. The molecule has 3 aromatic rings. The number of nitrogens with one attached hydrogen (secondary N) is 1. The number of amides is 3. The minimum atomic E-state index is -0.448. The molecule has 2 heterocycles. The zero-order valence-electron chi connectivity index (χ0n) is 15.4. The van der Waals surface area contributed by atoms with Crippen molar-refractivity contribution in [1.29, 1.82) is 0 Å². The highest BCUT2D eigenvalue weighted by Crippen LogP contribution is 2.32. The van der Waals surface area contributed by atoms with Gasteiger partial charge in [0.2, 0.25) is 5.91 Å². The van der Waals surface area contributed by atoms with Crippen molar-refractivity contribution in [2.24, 2.45) is 0 Å². The maximum Gasteiger partial charge on any atom is 0.262 e. The smallest absolute Gasteiger partial charge is 0.262 e. The Labute approximate surface area is 176 Å². The number of thiazole rings is 1. The topological polar surface area (TPSA) is 79.4 Å². The number of benzene rings is 2. The molecule has 2 aromatic carbocycles. The van der Waals surface area contributed by atoms with Crippen molar-refractivity contribution < 1.29 is 14.4 Å². The zero-order chi connectivity index (χ0) is 20.5. The number of aryl methyl sites for hydroxylation is 1. The van der Waals surface area contributed by atoms with E-state index in [9.17, 15) is 14.4 Å².